The molecule has 6 heteroatoms. The summed E-state index contributed by atoms with van der Waals surface area (Å²) < 4.78 is 0. The van der Waals surface area contributed by atoms with E-state index in [0.29, 0.717) is 0 Å². The summed E-state index contributed by atoms with van der Waals surface area (Å²) in [5, 5.41) is 8.77. The van der Waals surface area contributed by atoms with Gasteiger partial charge in [-0.2, -0.15) is 11.8 Å². The molecule has 110 valence electrons. The second kappa shape index (κ2) is 11.8. The normalized spacial score (nSPS) is 11.0. The Hall–Kier alpha value is 0.0500. The fourth-order valence-corrected chi connectivity index (χ4v) is 2.74. The van der Waals surface area contributed by atoms with E-state index in [1.54, 1.807) is 11.3 Å². The molecular weight excluding hydrogens is 389 g/mol. The van der Waals surface area contributed by atoms with E-state index in [1.807, 2.05) is 11.8 Å². The molecule has 1 aromatic heterocycles. The zero-order valence-electron chi connectivity index (χ0n) is 11.9. The Kier molecular flexibility index (Phi) is 11.9. The van der Waals surface area contributed by atoms with Crippen molar-refractivity contribution in [2.45, 2.75) is 26.8 Å². The van der Waals surface area contributed by atoms with Crippen LogP contribution in [-0.2, 0) is 6.54 Å². The Morgan fingerprint density at radius 2 is 2.21 bits per heavy atom. The molecule has 19 heavy (non-hydrogen) atoms. The molecular formula is C13H24IN3S2. The zero-order chi connectivity index (χ0) is 13.2. The van der Waals surface area contributed by atoms with Crippen molar-refractivity contribution in [3.05, 3.63) is 21.9 Å². The molecule has 0 aliphatic carbocycles. The lowest BCUT2D eigenvalue weighted by atomic mass is 10.3. The molecule has 0 amide bonds. The van der Waals surface area contributed by atoms with Gasteiger partial charge in [-0.25, -0.2) is 4.99 Å². The van der Waals surface area contributed by atoms with Gasteiger partial charge in [0.05, 0.1) is 6.54 Å². The van der Waals surface area contributed by atoms with Gasteiger partial charge in [-0.05, 0) is 49.3 Å². The first kappa shape index (κ1) is 19.1. The van der Waals surface area contributed by atoms with Crippen molar-refractivity contribution in [3.63, 3.8) is 0 Å². The smallest absolute Gasteiger partial charge is 0.191 e. The van der Waals surface area contributed by atoms with Crippen LogP contribution >= 0.6 is 47.1 Å². The topological polar surface area (TPSA) is 36.4 Å². The number of hydrogen-bond acceptors (Lipinski definition) is 3. The van der Waals surface area contributed by atoms with Crippen molar-refractivity contribution in [2.24, 2.45) is 4.99 Å². The van der Waals surface area contributed by atoms with Crippen LogP contribution in [0.15, 0.2) is 16.4 Å². The van der Waals surface area contributed by atoms with E-state index in [-0.39, 0.29) is 24.0 Å². The summed E-state index contributed by atoms with van der Waals surface area (Å²) in [6.07, 6.45) is 3.31. The van der Waals surface area contributed by atoms with Crippen molar-refractivity contribution in [1.29, 1.82) is 0 Å². The Balaban J connectivity index is 0.00000324. The van der Waals surface area contributed by atoms with Gasteiger partial charge in [-0.1, -0.05) is 0 Å². The summed E-state index contributed by atoms with van der Waals surface area (Å²) in [4.78, 5) is 5.96. The molecule has 0 fully saturated rings. The van der Waals surface area contributed by atoms with Crippen molar-refractivity contribution < 1.29 is 0 Å². The Morgan fingerprint density at radius 3 is 2.79 bits per heavy atom. The van der Waals surface area contributed by atoms with E-state index in [4.69, 9.17) is 0 Å². The number of thioether (sulfide) groups is 1. The van der Waals surface area contributed by atoms with Gasteiger partial charge in [0, 0.05) is 18.0 Å². The monoisotopic (exact) mass is 413 g/mol. The number of halogens is 1. The standard InChI is InChI=1S/C13H23N3S2.HI/c1-4-14-13(15-7-5-8-17-3)16-10-12-11(2)6-9-18-12;/h6,9H,4-5,7-8,10H2,1-3H3,(H2,14,15,16);1H. The molecule has 0 radical (unpaired) electrons. The highest BCUT2D eigenvalue weighted by molar-refractivity contribution is 14.0. The van der Waals surface area contributed by atoms with Crippen LogP contribution in [-0.4, -0.2) is 31.1 Å². The van der Waals surface area contributed by atoms with Gasteiger partial charge in [-0.3, -0.25) is 0 Å². The van der Waals surface area contributed by atoms with E-state index in [9.17, 15) is 0 Å². The number of hydrogen-bond donors (Lipinski definition) is 2. The zero-order valence-corrected chi connectivity index (χ0v) is 15.8. The Labute approximate surface area is 142 Å². The fraction of sp³-hybridized carbons (Fsp3) is 0.615. The number of thiophene rings is 1. The number of aryl methyl sites for hydroxylation is 1. The minimum Gasteiger partial charge on any atom is -0.357 e. The highest BCUT2D eigenvalue weighted by Gasteiger charge is 2.00. The van der Waals surface area contributed by atoms with E-state index < -0.39 is 0 Å². The maximum absolute atomic E-state index is 4.61. The molecule has 0 atom stereocenters. The van der Waals surface area contributed by atoms with Crippen LogP contribution in [0, 0.1) is 6.92 Å². The largest absolute Gasteiger partial charge is 0.357 e. The first-order valence-electron chi connectivity index (χ1n) is 6.32. The number of nitrogens with one attached hydrogen (secondary N) is 2. The lowest BCUT2D eigenvalue weighted by molar-refractivity contribution is 0.791. The molecule has 1 rings (SSSR count). The Bertz CT molecular complexity index is 367. The van der Waals surface area contributed by atoms with Gasteiger partial charge in [-0.15, -0.1) is 35.3 Å². The van der Waals surface area contributed by atoms with Crippen LogP contribution in [0.4, 0.5) is 0 Å². The predicted octanol–water partition coefficient (Wildman–Crippen LogP) is 3.48. The SMILES string of the molecule is CCNC(=NCc1sccc1C)NCCCSC.I. The van der Waals surface area contributed by atoms with Gasteiger partial charge in [0.1, 0.15) is 0 Å². The van der Waals surface area contributed by atoms with Crippen LogP contribution < -0.4 is 10.6 Å². The minimum atomic E-state index is 0. The van der Waals surface area contributed by atoms with Crippen LogP contribution in [0.25, 0.3) is 0 Å². The number of guanidine groups is 1. The van der Waals surface area contributed by atoms with Crippen molar-refractivity contribution in [1.82, 2.24) is 10.6 Å². The number of aliphatic imine (C=N–C) groups is 1. The molecule has 0 aliphatic heterocycles. The van der Waals surface area contributed by atoms with Gasteiger partial charge >= 0.3 is 0 Å². The fourth-order valence-electron chi connectivity index (χ4n) is 1.48. The quantitative estimate of drug-likeness (QED) is 0.311. The van der Waals surface area contributed by atoms with Crippen molar-refractivity contribution >= 4 is 53.0 Å². The summed E-state index contributed by atoms with van der Waals surface area (Å²) in [5.41, 5.74) is 1.34. The second-order valence-corrected chi connectivity index (χ2v) is 5.98. The van der Waals surface area contributed by atoms with Crippen molar-refractivity contribution in [2.75, 3.05) is 25.1 Å². The summed E-state index contributed by atoms with van der Waals surface area (Å²) in [7, 11) is 0. The molecule has 0 saturated heterocycles. The predicted molar refractivity (Wildman–Crippen MR) is 100 cm³/mol. The molecule has 1 aromatic rings. The van der Waals surface area contributed by atoms with Gasteiger partial charge in [0.15, 0.2) is 5.96 Å². The Morgan fingerprint density at radius 1 is 1.42 bits per heavy atom. The van der Waals surface area contributed by atoms with Crippen LogP contribution in [0.1, 0.15) is 23.8 Å². The summed E-state index contributed by atoms with van der Waals surface area (Å²) in [6.45, 7) is 6.88. The third-order valence-electron chi connectivity index (χ3n) is 2.51. The van der Waals surface area contributed by atoms with E-state index >= 15 is 0 Å². The second-order valence-electron chi connectivity index (χ2n) is 4.00. The average molecular weight is 413 g/mol. The molecule has 0 unspecified atom stereocenters. The van der Waals surface area contributed by atoms with Crippen LogP contribution in [0.2, 0.25) is 0 Å². The average Bonchev–Trinajstić information content (AvgIpc) is 2.77. The molecule has 0 aliphatic rings. The lowest BCUT2D eigenvalue weighted by Crippen LogP contribution is -2.37. The molecule has 0 saturated carbocycles. The molecule has 0 spiro atoms. The van der Waals surface area contributed by atoms with Crippen molar-refractivity contribution in [3.8, 4) is 0 Å². The van der Waals surface area contributed by atoms with E-state index in [2.05, 4.69) is 47.2 Å². The minimum absolute atomic E-state index is 0. The van der Waals surface area contributed by atoms with E-state index in [1.165, 1.54) is 22.6 Å². The number of rotatable bonds is 7. The lowest BCUT2D eigenvalue weighted by Gasteiger charge is -2.10. The maximum atomic E-state index is 4.61. The molecule has 1 heterocycles. The molecule has 2 N–H and O–H groups in total. The molecule has 0 aromatic carbocycles. The van der Waals surface area contributed by atoms with Crippen LogP contribution in [0.3, 0.4) is 0 Å². The summed E-state index contributed by atoms with van der Waals surface area (Å²) in [6, 6.07) is 2.15. The summed E-state index contributed by atoms with van der Waals surface area (Å²) in [5.74, 6) is 2.11. The highest BCUT2D eigenvalue weighted by atomic mass is 127. The summed E-state index contributed by atoms with van der Waals surface area (Å²) >= 11 is 3.66. The van der Waals surface area contributed by atoms with Crippen LogP contribution in [0.5, 0.6) is 0 Å². The first-order chi connectivity index (χ1) is 8.77. The van der Waals surface area contributed by atoms with Gasteiger partial charge in [0.2, 0.25) is 0 Å². The third-order valence-corrected chi connectivity index (χ3v) is 4.22. The number of nitrogens with zero attached hydrogens (tertiary/aromatic N) is 1. The van der Waals surface area contributed by atoms with E-state index in [0.717, 1.165) is 25.6 Å². The van der Waals surface area contributed by atoms with Gasteiger partial charge in [0.25, 0.3) is 0 Å². The third kappa shape index (κ3) is 8.04. The first-order valence-corrected chi connectivity index (χ1v) is 8.59. The van der Waals surface area contributed by atoms with Gasteiger partial charge < -0.3 is 10.6 Å². The highest BCUT2D eigenvalue weighted by Crippen LogP contribution is 2.16. The molecule has 3 nitrogen and oxygen atoms in total. The maximum Gasteiger partial charge on any atom is 0.191 e. The molecule has 0 bridgehead atoms.